The molecule has 2 aromatic rings. The summed E-state index contributed by atoms with van der Waals surface area (Å²) in [4.78, 5) is 23.8. The molecule has 0 aliphatic heterocycles. The van der Waals surface area contributed by atoms with E-state index in [4.69, 9.17) is 27.9 Å². The van der Waals surface area contributed by atoms with Crippen LogP contribution in [-0.4, -0.2) is 18.9 Å². The van der Waals surface area contributed by atoms with E-state index in [1.54, 1.807) is 12.1 Å². The number of hydrogen-bond acceptors (Lipinski definition) is 3. The molecule has 0 unspecified atom stereocenters. The number of benzene rings is 2. The van der Waals surface area contributed by atoms with Gasteiger partial charge >= 0.3 is 0 Å². The number of hydrogen-bond donors (Lipinski definition) is 2. The molecule has 0 aromatic heterocycles. The maximum atomic E-state index is 13.1. The smallest absolute Gasteiger partial charge is 0.233 e. The zero-order chi connectivity index (χ0) is 17.7. The predicted molar refractivity (Wildman–Crippen MR) is 91.3 cm³/mol. The van der Waals surface area contributed by atoms with Gasteiger partial charge in [0, 0.05) is 10.7 Å². The van der Waals surface area contributed by atoms with E-state index in [1.807, 2.05) is 0 Å². The Labute approximate surface area is 147 Å². The monoisotopic (exact) mass is 370 g/mol. The van der Waals surface area contributed by atoms with Gasteiger partial charge in [-0.25, -0.2) is 4.39 Å². The number of nitrogens with one attached hydrogen (secondary N) is 2. The molecule has 2 N–H and O–H groups in total. The third-order valence-corrected chi connectivity index (χ3v) is 3.48. The van der Waals surface area contributed by atoms with Crippen LogP contribution in [0.1, 0.15) is 6.42 Å². The van der Waals surface area contributed by atoms with Crippen molar-refractivity contribution in [3.63, 3.8) is 0 Å². The summed E-state index contributed by atoms with van der Waals surface area (Å²) in [6, 6.07) is 8.44. The van der Waals surface area contributed by atoms with Crippen LogP contribution in [0.5, 0.6) is 5.75 Å². The lowest BCUT2D eigenvalue weighted by Gasteiger charge is -2.11. The number of carbonyl (C=O) groups excluding carboxylic acids is 2. The predicted octanol–water partition coefficient (Wildman–Crippen LogP) is 4.11. The molecule has 0 saturated heterocycles. The number of methoxy groups -OCH3 is 1. The minimum Gasteiger partial charge on any atom is -0.495 e. The minimum absolute atomic E-state index is 0.124. The molecule has 24 heavy (non-hydrogen) atoms. The van der Waals surface area contributed by atoms with Gasteiger partial charge in [0.25, 0.3) is 0 Å². The number of rotatable bonds is 5. The first kappa shape index (κ1) is 18.0. The molecular formula is C16H13Cl2FN2O3. The molecule has 0 aliphatic carbocycles. The van der Waals surface area contributed by atoms with Crippen LogP contribution < -0.4 is 15.4 Å². The molecule has 0 aliphatic rings. The maximum Gasteiger partial charge on any atom is 0.233 e. The number of halogens is 3. The fourth-order valence-electron chi connectivity index (χ4n) is 1.90. The molecule has 0 bridgehead atoms. The first-order valence-corrected chi connectivity index (χ1v) is 7.53. The zero-order valence-corrected chi connectivity index (χ0v) is 14.0. The van der Waals surface area contributed by atoms with Crippen LogP contribution in [0.2, 0.25) is 10.0 Å². The van der Waals surface area contributed by atoms with Crippen molar-refractivity contribution in [2.24, 2.45) is 0 Å². The van der Waals surface area contributed by atoms with Crippen molar-refractivity contribution in [3.8, 4) is 5.75 Å². The highest BCUT2D eigenvalue weighted by atomic mass is 35.5. The minimum atomic E-state index is -0.597. The maximum absolute atomic E-state index is 13.1. The van der Waals surface area contributed by atoms with E-state index in [0.717, 1.165) is 6.07 Å². The summed E-state index contributed by atoms with van der Waals surface area (Å²) < 4.78 is 18.2. The largest absolute Gasteiger partial charge is 0.495 e. The third-order valence-electron chi connectivity index (χ3n) is 2.96. The molecule has 2 aromatic carbocycles. The van der Waals surface area contributed by atoms with E-state index in [-0.39, 0.29) is 5.02 Å². The van der Waals surface area contributed by atoms with Gasteiger partial charge in [-0.1, -0.05) is 23.2 Å². The Balaban J connectivity index is 1.98. The second-order valence-electron chi connectivity index (χ2n) is 4.75. The van der Waals surface area contributed by atoms with Crippen molar-refractivity contribution in [2.75, 3.05) is 17.7 Å². The van der Waals surface area contributed by atoms with Crippen LogP contribution in [0.15, 0.2) is 36.4 Å². The van der Waals surface area contributed by atoms with Gasteiger partial charge < -0.3 is 15.4 Å². The summed E-state index contributed by atoms with van der Waals surface area (Å²) in [5.74, 6) is -1.31. The zero-order valence-electron chi connectivity index (χ0n) is 12.5. The molecule has 5 nitrogen and oxygen atoms in total. The van der Waals surface area contributed by atoms with Gasteiger partial charge in [0.1, 0.15) is 18.0 Å². The van der Waals surface area contributed by atoms with Crippen molar-refractivity contribution < 1.29 is 18.7 Å². The van der Waals surface area contributed by atoms with Crippen molar-refractivity contribution in [1.82, 2.24) is 0 Å². The van der Waals surface area contributed by atoms with E-state index in [2.05, 4.69) is 10.6 Å². The van der Waals surface area contributed by atoms with E-state index in [1.165, 1.54) is 25.3 Å². The third kappa shape index (κ3) is 4.84. The highest BCUT2D eigenvalue weighted by Crippen LogP contribution is 2.27. The average molecular weight is 371 g/mol. The molecule has 0 atom stereocenters. The standard InChI is InChI=1S/C16H13Cl2FN2O3/c1-24-14-5-2-9(17)6-13(14)21-16(23)8-15(22)20-10-3-4-12(19)11(18)7-10/h2-7H,8H2,1H3,(H,20,22)(H,21,23). The second-order valence-corrected chi connectivity index (χ2v) is 5.59. The van der Waals surface area contributed by atoms with Crippen molar-refractivity contribution in [3.05, 3.63) is 52.3 Å². The van der Waals surface area contributed by atoms with Crippen LogP contribution in [-0.2, 0) is 9.59 Å². The van der Waals surface area contributed by atoms with Crippen LogP contribution in [0.4, 0.5) is 15.8 Å². The fraction of sp³-hybridized carbons (Fsp3) is 0.125. The molecular weight excluding hydrogens is 358 g/mol. The molecule has 8 heteroatoms. The van der Waals surface area contributed by atoms with Crippen molar-refractivity contribution in [1.29, 1.82) is 0 Å². The normalized spacial score (nSPS) is 10.2. The summed E-state index contributed by atoms with van der Waals surface area (Å²) >= 11 is 11.5. The summed E-state index contributed by atoms with van der Waals surface area (Å²) in [6.07, 6.45) is -0.440. The van der Waals surface area contributed by atoms with Gasteiger partial charge in [0.2, 0.25) is 11.8 Å². The molecule has 2 amide bonds. The second kappa shape index (κ2) is 7.99. The summed E-state index contributed by atoms with van der Waals surface area (Å²) in [6.45, 7) is 0. The Morgan fingerprint density at radius 2 is 1.79 bits per heavy atom. The Kier molecular flexibility index (Phi) is 6.00. The lowest BCUT2D eigenvalue weighted by molar-refractivity contribution is -0.123. The van der Waals surface area contributed by atoms with E-state index < -0.39 is 24.1 Å². The Morgan fingerprint density at radius 3 is 2.46 bits per heavy atom. The number of ether oxygens (including phenoxy) is 1. The highest BCUT2D eigenvalue weighted by Gasteiger charge is 2.13. The van der Waals surface area contributed by atoms with Gasteiger partial charge in [0.05, 0.1) is 17.8 Å². The Hall–Kier alpha value is -2.31. The Bertz CT molecular complexity index is 784. The van der Waals surface area contributed by atoms with Crippen LogP contribution in [0.25, 0.3) is 0 Å². The van der Waals surface area contributed by atoms with Crippen molar-refractivity contribution >= 4 is 46.4 Å². The molecule has 0 spiro atoms. The van der Waals surface area contributed by atoms with Crippen molar-refractivity contribution in [2.45, 2.75) is 6.42 Å². The SMILES string of the molecule is COc1ccc(Cl)cc1NC(=O)CC(=O)Nc1ccc(F)c(Cl)c1. The molecule has 0 fully saturated rings. The van der Waals surface area contributed by atoms with Crippen LogP contribution in [0.3, 0.4) is 0 Å². The average Bonchev–Trinajstić information content (AvgIpc) is 2.51. The fourth-order valence-corrected chi connectivity index (χ4v) is 2.25. The first-order valence-electron chi connectivity index (χ1n) is 6.77. The van der Waals surface area contributed by atoms with Gasteiger partial charge in [-0.3, -0.25) is 9.59 Å². The quantitative estimate of drug-likeness (QED) is 0.778. The summed E-state index contributed by atoms with van der Waals surface area (Å²) in [7, 11) is 1.45. The van der Waals surface area contributed by atoms with Gasteiger partial charge in [0.15, 0.2) is 0 Å². The summed E-state index contributed by atoms with van der Waals surface area (Å²) in [5.41, 5.74) is 0.646. The van der Waals surface area contributed by atoms with Gasteiger partial charge in [-0.15, -0.1) is 0 Å². The first-order chi connectivity index (χ1) is 11.4. The van der Waals surface area contributed by atoms with E-state index in [0.29, 0.717) is 22.1 Å². The van der Waals surface area contributed by atoms with Gasteiger partial charge in [-0.2, -0.15) is 0 Å². The highest BCUT2D eigenvalue weighted by molar-refractivity contribution is 6.31. The number of anilines is 2. The Morgan fingerprint density at radius 1 is 1.08 bits per heavy atom. The van der Waals surface area contributed by atoms with Crippen LogP contribution >= 0.6 is 23.2 Å². The molecule has 2 rings (SSSR count). The lowest BCUT2D eigenvalue weighted by Crippen LogP contribution is -2.21. The van der Waals surface area contributed by atoms with E-state index in [9.17, 15) is 14.0 Å². The molecule has 0 saturated carbocycles. The van der Waals surface area contributed by atoms with Gasteiger partial charge in [-0.05, 0) is 36.4 Å². The van der Waals surface area contributed by atoms with E-state index >= 15 is 0 Å². The summed E-state index contributed by atoms with van der Waals surface area (Å²) in [5, 5.41) is 5.29. The van der Waals surface area contributed by atoms with Crippen LogP contribution in [0, 0.1) is 5.82 Å². The molecule has 0 radical (unpaired) electrons. The molecule has 126 valence electrons. The number of carbonyl (C=O) groups is 2. The topological polar surface area (TPSA) is 67.4 Å². The molecule has 0 heterocycles. The lowest BCUT2D eigenvalue weighted by atomic mass is 10.2. The number of amides is 2.